The summed E-state index contributed by atoms with van der Waals surface area (Å²) in [5.74, 6) is 1.55. The van der Waals surface area contributed by atoms with Crippen LogP contribution in [0.25, 0.3) is 10.2 Å². The van der Waals surface area contributed by atoms with Gasteiger partial charge in [-0.1, -0.05) is 0 Å². The molecule has 0 bridgehead atoms. The molecule has 3 rings (SSSR count). The first-order chi connectivity index (χ1) is 7.79. The van der Waals surface area contributed by atoms with E-state index in [0.29, 0.717) is 17.5 Å². The lowest BCUT2D eigenvalue weighted by molar-refractivity contribution is 0.700. The van der Waals surface area contributed by atoms with Gasteiger partial charge in [-0.2, -0.15) is 0 Å². The van der Waals surface area contributed by atoms with E-state index in [9.17, 15) is 0 Å². The van der Waals surface area contributed by atoms with Gasteiger partial charge in [-0.25, -0.2) is 9.97 Å². The number of hydrogen-bond donors (Lipinski definition) is 1. The van der Waals surface area contributed by atoms with Crippen LogP contribution in [0.2, 0.25) is 0 Å². The molecule has 1 aliphatic rings. The van der Waals surface area contributed by atoms with Crippen molar-refractivity contribution in [1.29, 1.82) is 0 Å². The van der Waals surface area contributed by atoms with Crippen molar-refractivity contribution in [3.05, 3.63) is 16.3 Å². The van der Waals surface area contributed by atoms with Crippen LogP contribution < -0.4 is 5.73 Å². The van der Waals surface area contributed by atoms with Crippen molar-refractivity contribution < 1.29 is 0 Å². The molecule has 0 atom stereocenters. The summed E-state index contributed by atoms with van der Waals surface area (Å²) in [6.07, 6.45) is 4.79. The summed E-state index contributed by atoms with van der Waals surface area (Å²) in [4.78, 5) is 11.1. The number of nitrogens with zero attached hydrogens (tertiary/aromatic N) is 2. The summed E-state index contributed by atoms with van der Waals surface area (Å²) in [5, 5.41) is 1.08. The standard InChI is InChI=1S/C11H12ClN3S.2ClH/c12-5-8-14-10(13)9-6-3-1-2-4-7(6)16-11(9)15-8;;/h1-5H2,(H2,13,14,15);2*1H. The number of aryl methyl sites for hydroxylation is 2. The largest absolute Gasteiger partial charge is 0.383 e. The van der Waals surface area contributed by atoms with Crippen molar-refractivity contribution in [2.75, 3.05) is 5.73 Å². The van der Waals surface area contributed by atoms with Crippen molar-refractivity contribution in [2.24, 2.45) is 0 Å². The molecule has 2 N–H and O–H groups in total. The minimum absolute atomic E-state index is 0. The number of rotatable bonds is 1. The molecule has 0 amide bonds. The van der Waals surface area contributed by atoms with Gasteiger partial charge in [-0.15, -0.1) is 47.8 Å². The van der Waals surface area contributed by atoms with E-state index >= 15 is 0 Å². The molecule has 0 aliphatic heterocycles. The molecule has 0 saturated carbocycles. The lowest BCUT2D eigenvalue weighted by Gasteiger charge is -2.10. The molecular formula is C11H14Cl3N3S. The molecule has 0 fully saturated rings. The molecule has 0 spiro atoms. The summed E-state index contributed by atoms with van der Waals surface area (Å²) in [6, 6.07) is 0. The second kappa shape index (κ2) is 6.24. The Hall–Kier alpha value is -0.290. The van der Waals surface area contributed by atoms with E-state index in [-0.39, 0.29) is 24.8 Å². The molecule has 1 aliphatic carbocycles. The number of aromatic nitrogens is 2. The van der Waals surface area contributed by atoms with Crippen molar-refractivity contribution in [3.63, 3.8) is 0 Å². The fraction of sp³-hybridized carbons (Fsp3) is 0.455. The Kier molecular flexibility index (Phi) is 5.46. The molecule has 7 heteroatoms. The van der Waals surface area contributed by atoms with Crippen LogP contribution in [0.3, 0.4) is 0 Å². The Morgan fingerprint density at radius 1 is 1.17 bits per heavy atom. The Morgan fingerprint density at radius 2 is 1.89 bits per heavy atom. The van der Waals surface area contributed by atoms with Gasteiger partial charge in [0.15, 0.2) is 0 Å². The number of fused-ring (bicyclic) bond motifs is 3. The quantitative estimate of drug-likeness (QED) is 0.812. The van der Waals surface area contributed by atoms with Crippen LogP contribution in [0.5, 0.6) is 0 Å². The molecule has 0 radical (unpaired) electrons. The van der Waals surface area contributed by atoms with Gasteiger partial charge in [0.25, 0.3) is 0 Å². The predicted octanol–water partition coefficient (Wildman–Crippen LogP) is 3.73. The lowest BCUT2D eigenvalue weighted by Crippen LogP contribution is -2.02. The van der Waals surface area contributed by atoms with E-state index in [1.807, 2.05) is 0 Å². The van der Waals surface area contributed by atoms with Crippen LogP contribution >= 0.6 is 47.8 Å². The number of hydrogen-bond acceptors (Lipinski definition) is 4. The van der Waals surface area contributed by atoms with E-state index in [1.165, 1.54) is 23.3 Å². The highest BCUT2D eigenvalue weighted by molar-refractivity contribution is 7.19. The van der Waals surface area contributed by atoms with Gasteiger partial charge in [-0.3, -0.25) is 0 Å². The van der Waals surface area contributed by atoms with Crippen LogP contribution in [0.15, 0.2) is 0 Å². The minimum Gasteiger partial charge on any atom is -0.383 e. The number of nitrogen functional groups attached to an aromatic ring is 1. The molecule has 100 valence electrons. The minimum atomic E-state index is 0. The maximum absolute atomic E-state index is 6.00. The number of anilines is 1. The Morgan fingerprint density at radius 3 is 2.61 bits per heavy atom. The molecule has 3 nitrogen and oxygen atoms in total. The highest BCUT2D eigenvalue weighted by Gasteiger charge is 2.19. The number of alkyl halides is 1. The summed E-state index contributed by atoms with van der Waals surface area (Å²) < 4.78 is 0. The van der Waals surface area contributed by atoms with E-state index in [1.54, 1.807) is 11.3 Å². The average Bonchev–Trinajstić information content (AvgIpc) is 2.67. The highest BCUT2D eigenvalue weighted by atomic mass is 35.5. The molecule has 2 aromatic rings. The van der Waals surface area contributed by atoms with Crippen molar-refractivity contribution in [2.45, 2.75) is 31.6 Å². The third-order valence-electron chi connectivity index (χ3n) is 3.01. The average molecular weight is 327 g/mol. The Bertz CT molecular complexity index is 556. The normalized spacial score (nSPS) is 13.6. The maximum Gasteiger partial charge on any atom is 0.147 e. The second-order valence-electron chi connectivity index (χ2n) is 4.05. The van der Waals surface area contributed by atoms with Gasteiger partial charge >= 0.3 is 0 Å². The first-order valence-corrected chi connectivity index (χ1v) is 6.77. The van der Waals surface area contributed by atoms with Crippen molar-refractivity contribution in [1.82, 2.24) is 9.97 Å². The van der Waals surface area contributed by atoms with Gasteiger partial charge in [0.1, 0.15) is 16.5 Å². The van der Waals surface area contributed by atoms with Crippen LogP contribution in [0, 0.1) is 0 Å². The van der Waals surface area contributed by atoms with Gasteiger partial charge in [0.2, 0.25) is 0 Å². The van der Waals surface area contributed by atoms with Gasteiger partial charge in [-0.05, 0) is 31.2 Å². The lowest BCUT2D eigenvalue weighted by atomic mass is 9.97. The van der Waals surface area contributed by atoms with Gasteiger partial charge in [0.05, 0.1) is 11.3 Å². The monoisotopic (exact) mass is 325 g/mol. The highest BCUT2D eigenvalue weighted by Crippen LogP contribution is 2.37. The fourth-order valence-corrected chi connectivity index (χ4v) is 3.70. The zero-order chi connectivity index (χ0) is 11.1. The molecule has 18 heavy (non-hydrogen) atoms. The smallest absolute Gasteiger partial charge is 0.147 e. The van der Waals surface area contributed by atoms with E-state index in [4.69, 9.17) is 17.3 Å². The van der Waals surface area contributed by atoms with Crippen LogP contribution in [0.4, 0.5) is 5.82 Å². The number of halogens is 3. The van der Waals surface area contributed by atoms with Crippen LogP contribution in [-0.2, 0) is 18.7 Å². The summed E-state index contributed by atoms with van der Waals surface area (Å²) in [7, 11) is 0. The maximum atomic E-state index is 6.00. The summed E-state index contributed by atoms with van der Waals surface area (Å²) in [5.41, 5.74) is 7.38. The van der Waals surface area contributed by atoms with Gasteiger partial charge < -0.3 is 5.73 Å². The third kappa shape index (κ3) is 2.52. The summed E-state index contributed by atoms with van der Waals surface area (Å²) in [6.45, 7) is 0. The molecular weight excluding hydrogens is 313 g/mol. The van der Waals surface area contributed by atoms with E-state index < -0.39 is 0 Å². The Labute approximate surface area is 127 Å². The fourth-order valence-electron chi connectivity index (χ4n) is 2.29. The Balaban J connectivity index is 0.000000810. The van der Waals surface area contributed by atoms with Crippen molar-refractivity contribution in [3.8, 4) is 0 Å². The van der Waals surface area contributed by atoms with Crippen LogP contribution in [-0.4, -0.2) is 9.97 Å². The van der Waals surface area contributed by atoms with E-state index in [0.717, 1.165) is 23.1 Å². The third-order valence-corrected chi connectivity index (χ3v) is 4.43. The zero-order valence-corrected chi connectivity index (χ0v) is 12.8. The molecule has 0 saturated heterocycles. The SMILES string of the molecule is Cl.Cl.Nc1nc(CCl)nc2sc3c(c12)CCCC3. The molecule has 2 aromatic heterocycles. The van der Waals surface area contributed by atoms with Crippen molar-refractivity contribution >= 4 is 63.8 Å². The molecule has 0 aromatic carbocycles. The summed E-state index contributed by atoms with van der Waals surface area (Å²) >= 11 is 7.50. The van der Waals surface area contributed by atoms with E-state index in [2.05, 4.69) is 9.97 Å². The second-order valence-corrected chi connectivity index (χ2v) is 5.40. The zero-order valence-electron chi connectivity index (χ0n) is 9.61. The number of nitrogens with two attached hydrogens (primary N) is 1. The first kappa shape index (κ1) is 15.8. The molecule has 0 unspecified atom stereocenters. The first-order valence-electron chi connectivity index (χ1n) is 5.42. The molecule has 2 heterocycles. The topological polar surface area (TPSA) is 51.8 Å². The van der Waals surface area contributed by atoms with Gasteiger partial charge in [0, 0.05) is 4.88 Å². The number of thiophene rings is 1. The van der Waals surface area contributed by atoms with Crippen LogP contribution in [0.1, 0.15) is 29.1 Å². The predicted molar refractivity (Wildman–Crippen MR) is 82.5 cm³/mol.